The van der Waals surface area contributed by atoms with Crippen LogP contribution in [0.3, 0.4) is 0 Å². The highest BCUT2D eigenvalue weighted by Gasteiger charge is 2.29. The number of hydrogen-bond acceptors (Lipinski definition) is 4. The van der Waals surface area contributed by atoms with Gasteiger partial charge in [0.1, 0.15) is 17.3 Å². The number of aliphatic hydroxyl groups is 1. The van der Waals surface area contributed by atoms with E-state index in [1.807, 2.05) is 43.5 Å². The lowest BCUT2D eigenvalue weighted by Gasteiger charge is -2.36. The number of piperidine rings is 1. The first-order chi connectivity index (χ1) is 13.9. The van der Waals surface area contributed by atoms with Crippen LogP contribution in [0.25, 0.3) is 16.9 Å². The number of methoxy groups -OCH3 is 1. The predicted octanol–water partition coefficient (Wildman–Crippen LogP) is 4.03. The molecule has 3 aromatic rings. The summed E-state index contributed by atoms with van der Waals surface area (Å²) in [6.07, 6.45) is 3.69. The summed E-state index contributed by atoms with van der Waals surface area (Å²) >= 11 is 0. The van der Waals surface area contributed by atoms with Gasteiger partial charge in [0.25, 0.3) is 0 Å². The first kappa shape index (κ1) is 19.6. The van der Waals surface area contributed by atoms with Crippen LogP contribution in [0.1, 0.15) is 25.3 Å². The van der Waals surface area contributed by atoms with Crippen LogP contribution < -0.4 is 4.74 Å². The van der Waals surface area contributed by atoms with Gasteiger partial charge in [-0.05, 0) is 50.6 Å². The average molecular weight is 395 g/mol. The minimum Gasteiger partial charge on any atom is -0.497 e. The zero-order valence-corrected chi connectivity index (χ0v) is 16.8. The van der Waals surface area contributed by atoms with Gasteiger partial charge in [-0.15, -0.1) is 0 Å². The predicted molar refractivity (Wildman–Crippen MR) is 111 cm³/mol. The van der Waals surface area contributed by atoms with Crippen molar-refractivity contribution in [2.45, 2.75) is 31.9 Å². The smallest absolute Gasteiger partial charge is 0.136 e. The van der Waals surface area contributed by atoms with E-state index in [-0.39, 0.29) is 5.82 Å². The Labute approximate surface area is 170 Å². The highest BCUT2D eigenvalue weighted by Crippen LogP contribution is 2.31. The highest BCUT2D eigenvalue weighted by atomic mass is 19.1. The molecule has 29 heavy (non-hydrogen) atoms. The molecular weight excluding hydrogens is 369 g/mol. The largest absolute Gasteiger partial charge is 0.497 e. The van der Waals surface area contributed by atoms with E-state index >= 15 is 0 Å². The number of aromatic nitrogens is 2. The van der Waals surface area contributed by atoms with E-state index in [0.29, 0.717) is 30.1 Å². The molecule has 152 valence electrons. The van der Waals surface area contributed by atoms with Crippen molar-refractivity contribution in [3.8, 4) is 22.7 Å². The minimum absolute atomic E-state index is 0.366. The van der Waals surface area contributed by atoms with Gasteiger partial charge in [-0.2, -0.15) is 5.10 Å². The van der Waals surface area contributed by atoms with E-state index < -0.39 is 5.60 Å². The van der Waals surface area contributed by atoms with Crippen LogP contribution in [0.4, 0.5) is 4.39 Å². The van der Waals surface area contributed by atoms with Crippen LogP contribution in [-0.4, -0.2) is 45.6 Å². The number of β-amino-alcohol motifs (C(OH)–C–C–N with tert-alkyl or cyclic N) is 1. The maximum Gasteiger partial charge on any atom is 0.136 e. The number of nitrogens with zero attached hydrogens (tertiary/aromatic N) is 3. The molecule has 0 bridgehead atoms. The van der Waals surface area contributed by atoms with Gasteiger partial charge in [0.05, 0.1) is 18.4 Å². The molecule has 1 aromatic heterocycles. The molecule has 1 aliphatic rings. The van der Waals surface area contributed by atoms with Gasteiger partial charge in [0.15, 0.2) is 0 Å². The molecule has 1 atom stereocenters. The third-order valence-corrected chi connectivity index (χ3v) is 5.39. The van der Waals surface area contributed by atoms with Gasteiger partial charge < -0.3 is 9.84 Å². The topological polar surface area (TPSA) is 50.5 Å². The maximum atomic E-state index is 14.8. The fourth-order valence-corrected chi connectivity index (χ4v) is 3.98. The van der Waals surface area contributed by atoms with Crippen LogP contribution in [-0.2, 0) is 6.54 Å². The summed E-state index contributed by atoms with van der Waals surface area (Å²) in [4.78, 5) is 2.21. The van der Waals surface area contributed by atoms with E-state index in [2.05, 4.69) is 4.90 Å². The molecule has 0 spiro atoms. The second-order valence-electron chi connectivity index (χ2n) is 7.94. The van der Waals surface area contributed by atoms with Crippen LogP contribution >= 0.6 is 0 Å². The summed E-state index contributed by atoms with van der Waals surface area (Å²) in [6, 6.07) is 14.6. The lowest BCUT2D eigenvalue weighted by molar-refractivity contribution is -0.0181. The molecule has 0 unspecified atom stereocenters. The fraction of sp³-hybridized carbons (Fsp3) is 0.348. The van der Waals surface area contributed by atoms with Crippen molar-refractivity contribution in [3.05, 3.63) is 66.1 Å². The van der Waals surface area contributed by atoms with Gasteiger partial charge >= 0.3 is 0 Å². The van der Waals surface area contributed by atoms with Crippen molar-refractivity contribution in [3.63, 3.8) is 0 Å². The third-order valence-electron chi connectivity index (χ3n) is 5.39. The van der Waals surface area contributed by atoms with Crippen molar-refractivity contribution in [2.75, 3.05) is 20.2 Å². The first-order valence-electron chi connectivity index (χ1n) is 9.88. The Bertz CT molecular complexity index is 985. The molecule has 2 aromatic carbocycles. The molecule has 0 amide bonds. The van der Waals surface area contributed by atoms with Crippen LogP contribution in [0.5, 0.6) is 5.75 Å². The summed E-state index contributed by atoms with van der Waals surface area (Å²) in [7, 11) is 1.52. The summed E-state index contributed by atoms with van der Waals surface area (Å²) in [5.41, 5.74) is 2.20. The molecule has 1 aliphatic heterocycles. The first-order valence-corrected chi connectivity index (χ1v) is 9.88. The Morgan fingerprint density at radius 3 is 2.69 bits per heavy atom. The number of ether oxygens (including phenoxy) is 1. The lowest BCUT2D eigenvalue weighted by atomic mass is 9.94. The standard InChI is InChI=1S/C23H26FN3O2/c1-23(28)11-6-12-26(16-23)14-17-15-27(18-7-4-3-5-8-18)25-22(17)20-10-9-19(29-2)13-21(20)24/h3-5,7-10,13,15,28H,6,11-12,14,16H2,1-2H3/t23-/m0/s1. The fourth-order valence-electron chi connectivity index (χ4n) is 3.98. The normalized spacial score (nSPS) is 20.0. The van der Waals surface area contributed by atoms with Crippen molar-refractivity contribution in [1.82, 2.24) is 14.7 Å². The molecule has 0 aliphatic carbocycles. The quantitative estimate of drug-likeness (QED) is 0.709. The van der Waals surface area contributed by atoms with Gasteiger partial charge in [-0.25, -0.2) is 9.07 Å². The monoisotopic (exact) mass is 395 g/mol. The van der Waals surface area contributed by atoms with E-state index in [4.69, 9.17) is 9.84 Å². The molecule has 5 nitrogen and oxygen atoms in total. The molecular formula is C23H26FN3O2. The zero-order valence-electron chi connectivity index (χ0n) is 16.8. The van der Waals surface area contributed by atoms with Crippen molar-refractivity contribution in [1.29, 1.82) is 0 Å². The molecule has 1 fully saturated rings. The Hall–Kier alpha value is -2.70. The van der Waals surface area contributed by atoms with Crippen molar-refractivity contribution >= 4 is 0 Å². The second-order valence-corrected chi connectivity index (χ2v) is 7.94. The number of likely N-dealkylation sites (tertiary alicyclic amines) is 1. The Morgan fingerprint density at radius 1 is 1.21 bits per heavy atom. The Morgan fingerprint density at radius 2 is 2.00 bits per heavy atom. The van der Waals surface area contributed by atoms with E-state index in [0.717, 1.165) is 30.6 Å². The van der Waals surface area contributed by atoms with E-state index in [1.165, 1.54) is 13.2 Å². The maximum absolute atomic E-state index is 14.8. The number of halogens is 1. The molecule has 1 N–H and O–H groups in total. The molecule has 1 saturated heterocycles. The number of benzene rings is 2. The van der Waals surface area contributed by atoms with Crippen molar-refractivity contribution < 1.29 is 14.2 Å². The van der Waals surface area contributed by atoms with E-state index in [1.54, 1.807) is 16.8 Å². The number of para-hydroxylation sites is 1. The molecule has 0 saturated carbocycles. The summed E-state index contributed by atoms with van der Waals surface area (Å²) in [6.45, 7) is 3.96. The van der Waals surface area contributed by atoms with E-state index in [9.17, 15) is 9.50 Å². The van der Waals surface area contributed by atoms with Gasteiger partial charge in [0, 0.05) is 36.5 Å². The lowest BCUT2D eigenvalue weighted by Crippen LogP contribution is -2.45. The van der Waals surface area contributed by atoms with Crippen molar-refractivity contribution in [2.24, 2.45) is 0 Å². The third kappa shape index (κ3) is 4.33. The summed E-state index contributed by atoms with van der Waals surface area (Å²) in [5.74, 6) is 0.108. The molecule has 6 heteroatoms. The number of rotatable bonds is 5. The molecule has 0 radical (unpaired) electrons. The van der Waals surface area contributed by atoms with Crippen LogP contribution in [0, 0.1) is 5.82 Å². The van der Waals surface area contributed by atoms with Gasteiger partial charge in [-0.1, -0.05) is 18.2 Å². The van der Waals surface area contributed by atoms with Gasteiger partial charge in [0.2, 0.25) is 0 Å². The zero-order chi connectivity index (χ0) is 20.4. The summed E-state index contributed by atoms with van der Waals surface area (Å²) < 4.78 is 21.8. The average Bonchev–Trinajstić information content (AvgIpc) is 3.11. The van der Waals surface area contributed by atoms with Crippen LogP contribution in [0.15, 0.2) is 54.7 Å². The minimum atomic E-state index is -0.695. The second kappa shape index (κ2) is 7.97. The van der Waals surface area contributed by atoms with Crippen LogP contribution in [0.2, 0.25) is 0 Å². The Balaban J connectivity index is 1.73. The number of hydrogen-bond donors (Lipinski definition) is 1. The SMILES string of the molecule is COc1ccc(-c2nn(-c3ccccc3)cc2CN2CCC[C@](C)(O)C2)c(F)c1. The highest BCUT2D eigenvalue weighted by molar-refractivity contribution is 5.65. The Kier molecular flexibility index (Phi) is 5.39. The molecule has 2 heterocycles. The molecule has 4 rings (SSSR count). The van der Waals surface area contributed by atoms with Gasteiger partial charge in [-0.3, -0.25) is 4.90 Å². The summed E-state index contributed by atoms with van der Waals surface area (Å²) in [5, 5.41) is 15.2.